The number of anilines is 2. The first kappa shape index (κ1) is 21.6. The molecule has 0 saturated carbocycles. The molecule has 0 atom stereocenters. The molecule has 0 radical (unpaired) electrons. The van der Waals surface area contributed by atoms with Gasteiger partial charge in [0.2, 0.25) is 5.91 Å². The molecule has 3 N–H and O–H groups in total. The van der Waals surface area contributed by atoms with Gasteiger partial charge in [0.25, 0.3) is 5.56 Å². The van der Waals surface area contributed by atoms with E-state index in [4.69, 9.17) is 5.73 Å². The Morgan fingerprint density at radius 3 is 2.43 bits per heavy atom. The summed E-state index contributed by atoms with van der Waals surface area (Å²) >= 11 is 3.36. The Kier molecular flexibility index (Phi) is 6.57. The molecule has 0 aliphatic carbocycles. The second kappa shape index (κ2) is 8.53. The Labute approximate surface area is 169 Å². The summed E-state index contributed by atoms with van der Waals surface area (Å²) in [6, 6.07) is 5.46. The van der Waals surface area contributed by atoms with Crippen molar-refractivity contribution in [2.45, 2.75) is 6.92 Å². The molecule has 2 aromatic rings. The maximum Gasteiger partial charge on any atom is 0.332 e. The lowest BCUT2D eigenvalue weighted by atomic mass is 10.2. The van der Waals surface area contributed by atoms with Gasteiger partial charge in [0.05, 0.1) is 13.1 Å². The van der Waals surface area contributed by atoms with Crippen LogP contribution in [0.1, 0.15) is 15.9 Å². The molecule has 1 amide bonds. The van der Waals surface area contributed by atoms with Crippen LogP contribution in [0.25, 0.3) is 0 Å². The number of hydrogen-bond acceptors (Lipinski definition) is 6. The van der Waals surface area contributed by atoms with Gasteiger partial charge in [-0.25, -0.2) is 4.79 Å². The number of Topliss-reactive ketones (excluding diaryl/α,β-unsaturated/α-hetero) is 1. The first-order valence-corrected chi connectivity index (χ1v) is 9.15. The van der Waals surface area contributed by atoms with E-state index >= 15 is 0 Å². The molecule has 150 valence electrons. The normalized spacial score (nSPS) is 10.9. The second-order valence-corrected chi connectivity index (χ2v) is 7.48. The number of ketones is 1. The van der Waals surface area contributed by atoms with E-state index in [0.717, 1.165) is 19.2 Å². The predicted molar refractivity (Wildman–Crippen MR) is 111 cm³/mol. The third kappa shape index (κ3) is 4.57. The summed E-state index contributed by atoms with van der Waals surface area (Å²) in [5.41, 5.74) is 5.72. The topological polar surface area (TPSA) is 119 Å². The number of nitrogens with one attached hydrogen (secondary N) is 1. The van der Waals surface area contributed by atoms with E-state index in [9.17, 15) is 19.2 Å². The number of nitrogen functional groups attached to an aromatic ring is 1. The van der Waals surface area contributed by atoms with Gasteiger partial charge in [0.15, 0.2) is 5.78 Å². The van der Waals surface area contributed by atoms with Crippen molar-refractivity contribution in [2.24, 2.45) is 14.1 Å². The number of hydrogen-bond donors (Lipinski definition) is 2. The van der Waals surface area contributed by atoms with Crippen molar-refractivity contribution < 1.29 is 9.59 Å². The Morgan fingerprint density at radius 2 is 1.82 bits per heavy atom. The van der Waals surface area contributed by atoms with Crippen LogP contribution in [0.15, 0.2) is 32.3 Å². The fraction of sp³-hybridized carbons (Fsp3) is 0.333. The first-order valence-electron chi connectivity index (χ1n) is 8.36. The molecule has 0 unspecified atom stereocenters. The molecule has 0 aliphatic rings. The zero-order valence-corrected chi connectivity index (χ0v) is 17.7. The molecular formula is C18H22BrN5O4. The van der Waals surface area contributed by atoms with Gasteiger partial charge in [0, 0.05) is 24.3 Å². The highest BCUT2D eigenvalue weighted by molar-refractivity contribution is 9.10. The van der Waals surface area contributed by atoms with Gasteiger partial charge in [-0.05, 0) is 37.7 Å². The summed E-state index contributed by atoms with van der Waals surface area (Å²) in [7, 11) is 4.23. The smallest absolute Gasteiger partial charge is 0.332 e. The molecular weight excluding hydrogens is 430 g/mol. The number of likely N-dealkylation sites (N-methyl/N-ethyl adjacent to an activating group) is 1. The molecule has 2 rings (SSSR count). The molecule has 0 fully saturated rings. The van der Waals surface area contributed by atoms with Crippen LogP contribution in [0.4, 0.5) is 11.5 Å². The third-order valence-electron chi connectivity index (χ3n) is 4.28. The average Bonchev–Trinajstić information content (AvgIpc) is 2.60. The van der Waals surface area contributed by atoms with Crippen LogP contribution in [0.5, 0.6) is 0 Å². The van der Waals surface area contributed by atoms with E-state index < -0.39 is 17.0 Å². The van der Waals surface area contributed by atoms with Gasteiger partial charge >= 0.3 is 5.69 Å². The fourth-order valence-electron chi connectivity index (χ4n) is 2.70. The summed E-state index contributed by atoms with van der Waals surface area (Å²) in [5.74, 6) is -1.06. The van der Waals surface area contributed by atoms with E-state index in [1.165, 1.54) is 19.0 Å². The lowest BCUT2D eigenvalue weighted by Crippen LogP contribution is -2.43. The Bertz CT molecular complexity index is 1060. The van der Waals surface area contributed by atoms with Gasteiger partial charge in [-0.15, -0.1) is 0 Å². The minimum atomic E-state index is -0.756. The van der Waals surface area contributed by atoms with Gasteiger partial charge in [0.1, 0.15) is 11.4 Å². The van der Waals surface area contributed by atoms with Crippen molar-refractivity contribution in [3.05, 3.63) is 54.6 Å². The summed E-state index contributed by atoms with van der Waals surface area (Å²) in [6.07, 6.45) is 0. The van der Waals surface area contributed by atoms with E-state index in [-0.39, 0.29) is 30.4 Å². The van der Waals surface area contributed by atoms with Crippen molar-refractivity contribution in [3.8, 4) is 0 Å². The number of benzene rings is 1. The highest BCUT2D eigenvalue weighted by atomic mass is 79.9. The Morgan fingerprint density at radius 1 is 1.18 bits per heavy atom. The standard InChI is InChI=1S/C18H22BrN5O4/c1-10-7-11(19)5-6-12(10)21-14(26)9-22(2)8-13(25)15-16(20)23(3)18(28)24(4)17(15)27/h5-7H,8-9,20H2,1-4H3,(H,21,26). The molecule has 9 nitrogen and oxygen atoms in total. The van der Waals surface area contributed by atoms with Crippen molar-refractivity contribution in [2.75, 3.05) is 31.2 Å². The van der Waals surface area contributed by atoms with Crippen molar-refractivity contribution >= 4 is 39.1 Å². The lowest BCUT2D eigenvalue weighted by molar-refractivity contribution is -0.116. The van der Waals surface area contributed by atoms with Gasteiger partial charge in [-0.2, -0.15) is 0 Å². The van der Waals surface area contributed by atoms with E-state index in [1.54, 1.807) is 13.1 Å². The lowest BCUT2D eigenvalue weighted by Gasteiger charge is -2.17. The summed E-state index contributed by atoms with van der Waals surface area (Å²) in [6.45, 7) is 1.60. The van der Waals surface area contributed by atoms with E-state index in [0.29, 0.717) is 5.69 Å². The number of aromatic nitrogens is 2. The molecule has 0 aliphatic heterocycles. The summed E-state index contributed by atoms with van der Waals surface area (Å²) in [5, 5.41) is 2.78. The monoisotopic (exact) mass is 451 g/mol. The summed E-state index contributed by atoms with van der Waals surface area (Å²) in [4.78, 5) is 50.4. The number of halogens is 1. The van der Waals surface area contributed by atoms with Crippen LogP contribution < -0.4 is 22.3 Å². The molecule has 1 aromatic heterocycles. The molecule has 28 heavy (non-hydrogen) atoms. The van der Waals surface area contributed by atoms with Gasteiger partial charge in [-0.3, -0.25) is 28.4 Å². The largest absolute Gasteiger partial charge is 0.384 e. The summed E-state index contributed by atoms with van der Waals surface area (Å²) < 4.78 is 2.77. The van der Waals surface area contributed by atoms with Crippen molar-refractivity contribution in [1.29, 1.82) is 0 Å². The zero-order valence-electron chi connectivity index (χ0n) is 16.1. The second-order valence-electron chi connectivity index (χ2n) is 6.57. The SMILES string of the molecule is Cc1cc(Br)ccc1NC(=O)CN(C)CC(=O)c1c(N)n(C)c(=O)n(C)c1=O. The molecule has 1 heterocycles. The van der Waals surface area contributed by atoms with Crippen LogP contribution in [0, 0.1) is 6.92 Å². The minimum absolute atomic E-state index is 0.0623. The number of aryl methyl sites for hydroxylation is 1. The predicted octanol–water partition coefficient (Wildman–Crippen LogP) is 0.490. The van der Waals surface area contributed by atoms with Crippen LogP contribution >= 0.6 is 15.9 Å². The van der Waals surface area contributed by atoms with Crippen LogP contribution in [-0.2, 0) is 18.9 Å². The van der Waals surface area contributed by atoms with Crippen LogP contribution in [0.2, 0.25) is 0 Å². The number of nitrogens with two attached hydrogens (primary N) is 1. The Balaban J connectivity index is 2.10. The highest BCUT2D eigenvalue weighted by Gasteiger charge is 2.22. The number of carbonyl (C=O) groups excluding carboxylic acids is 2. The Hall–Kier alpha value is -2.72. The van der Waals surface area contributed by atoms with Crippen molar-refractivity contribution in [1.82, 2.24) is 14.0 Å². The maximum absolute atomic E-state index is 12.6. The van der Waals surface area contributed by atoms with E-state index in [1.807, 2.05) is 19.1 Å². The highest BCUT2D eigenvalue weighted by Crippen LogP contribution is 2.19. The number of nitrogens with zero attached hydrogens (tertiary/aromatic N) is 3. The molecule has 0 bridgehead atoms. The number of rotatable bonds is 6. The van der Waals surface area contributed by atoms with Crippen molar-refractivity contribution in [3.63, 3.8) is 0 Å². The number of carbonyl (C=O) groups is 2. The maximum atomic E-state index is 12.6. The molecule has 1 aromatic carbocycles. The first-order chi connectivity index (χ1) is 13.0. The van der Waals surface area contributed by atoms with E-state index in [2.05, 4.69) is 21.2 Å². The fourth-order valence-corrected chi connectivity index (χ4v) is 3.18. The average molecular weight is 452 g/mol. The molecule has 10 heteroatoms. The zero-order chi connectivity index (χ0) is 21.2. The van der Waals surface area contributed by atoms with Gasteiger partial charge < -0.3 is 11.1 Å². The van der Waals surface area contributed by atoms with Gasteiger partial charge in [-0.1, -0.05) is 15.9 Å². The molecule has 0 saturated heterocycles. The number of amides is 1. The third-order valence-corrected chi connectivity index (χ3v) is 4.77. The van der Waals surface area contributed by atoms with Crippen LogP contribution in [-0.4, -0.2) is 45.9 Å². The quantitative estimate of drug-likeness (QED) is 0.616. The molecule has 0 spiro atoms. The van der Waals surface area contributed by atoms with Crippen LogP contribution in [0.3, 0.4) is 0 Å². The minimum Gasteiger partial charge on any atom is -0.384 e.